The van der Waals surface area contributed by atoms with E-state index in [1.165, 1.54) is 12.1 Å². The Morgan fingerprint density at radius 1 is 1.44 bits per heavy atom. The molecule has 0 bridgehead atoms. The molecular formula is C14H15FN2O. The Hall–Kier alpha value is -1.68. The smallest absolute Gasteiger partial charge is 0.140 e. The molecule has 3 nitrogen and oxygen atoms in total. The van der Waals surface area contributed by atoms with Crippen molar-refractivity contribution in [2.45, 2.75) is 25.3 Å². The van der Waals surface area contributed by atoms with E-state index in [1.54, 1.807) is 12.3 Å². The lowest BCUT2D eigenvalue weighted by Crippen LogP contribution is -2.18. The van der Waals surface area contributed by atoms with E-state index in [4.69, 9.17) is 0 Å². The van der Waals surface area contributed by atoms with Gasteiger partial charge in [-0.2, -0.15) is 0 Å². The highest BCUT2D eigenvalue weighted by Crippen LogP contribution is 2.31. The quantitative estimate of drug-likeness (QED) is 0.884. The number of halogens is 1. The van der Waals surface area contributed by atoms with Gasteiger partial charge in [0, 0.05) is 29.9 Å². The maximum atomic E-state index is 13.3. The van der Waals surface area contributed by atoms with Crippen LogP contribution >= 0.6 is 0 Å². The molecule has 1 unspecified atom stereocenters. The van der Waals surface area contributed by atoms with E-state index in [1.807, 2.05) is 6.07 Å². The van der Waals surface area contributed by atoms with Crippen LogP contribution in [-0.4, -0.2) is 21.3 Å². The summed E-state index contributed by atoms with van der Waals surface area (Å²) in [5, 5.41) is 9.36. The summed E-state index contributed by atoms with van der Waals surface area (Å²) in [7, 11) is 0. The fraction of sp³-hybridized carbons (Fsp3) is 0.357. The molecule has 0 aliphatic carbocycles. The molecule has 0 radical (unpaired) electrons. The molecule has 1 aromatic heterocycles. The van der Waals surface area contributed by atoms with Crippen molar-refractivity contribution in [3.8, 4) is 11.4 Å². The Labute approximate surface area is 105 Å². The number of aromatic nitrogens is 2. The predicted octanol–water partition coefficient (Wildman–Crippen LogP) is 2.56. The Balaban J connectivity index is 2.07. The average molecular weight is 246 g/mol. The second-order valence-corrected chi connectivity index (χ2v) is 4.69. The summed E-state index contributed by atoms with van der Waals surface area (Å²) in [5.74, 6) is 0.704. The summed E-state index contributed by atoms with van der Waals surface area (Å²) >= 11 is 0. The van der Waals surface area contributed by atoms with Crippen molar-refractivity contribution in [2.24, 2.45) is 0 Å². The third kappa shape index (κ3) is 1.82. The number of hydrogen-bond donors (Lipinski definition) is 1. The number of rotatable bonds is 2. The van der Waals surface area contributed by atoms with Crippen LogP contribution in [0.2, 0.25) is 0 Å². The van der Waals surface area contributed by atoms with Gasteiger partial charge in [0.05, 0.1) is 6.61 Å². The lowest BCUT2D eigenvalue weighted by atomic mass is 9.97. The average Bonchev–Trinajstić information content (AvgIpc) is 2.82. The largest absolute Gasteiger partial charge is 0.396 e. The SMILES string of the molecule is OCC1CCCn2c1cnc2-c1cccc(F)c1. The molecule has 1 aromatic carbocycles. The summed E-state index contributed by atoms with van der Waals surface area (Å²) in [5.41, 5.74) is 1.85. The highest BCUT2D eigenvalue weighted by molar-refractivity contribution is 5.56. The highest BCUT2D eigenvalue weighted by Gasteiger charge is 2.23. The Bertz CT molecular complexity index is 565. The molecule has 0 spiro atoms. The minimum atomic E-state index is -0.251. The zero-order valence-corrected chi connectivity index (χ0v) is 10.0. The van der Waals surface area contributed by atoms with E-state index in [0.29, 0.717) is 0 Å². The normalized spacial score (nSPS) is 18.7. The zero-order chi connectivity index (χ0) is 12.5. The number of imidazole rings is 1. The Morgan fingerprint density at radius 2 is 2.33 bits per heavy atom. The van der Waals surface area contributed by atoms with Crippen molar-refractivity contribution in [1.29, 1.82) is 0 Å². The van der Waals surface area contributed by atoms with Gasteiger partial charge in [-0.1, -0.05) is 12.1 Å². The first-order chi connectivity index (χ1) is 8.79. The first kappa shape index (κ1) is 11.4. The number of nitrogens with zero attached hydrogens (tertiary/aromatic N) is 2. The first-order valence-corrected chi connectivity index (χ1v) is 6.22. The van der Waals surface area contributed by atoms with Crippen LogP contribution in [0.5, 0.6) is 0 Å². The number of fused-ring (bicyclic) bond motifs is 1. The van der Waals surface area contributed by atoms with E-state index in [0.717, 1.165) is 36.5 Å². The van der Waals surface area contributed by atoms with Crippen molar-refractivity contribution in [2.75, 3.05) is 6.61 Å². The van der Waals surface area contributed by atoms with Gasteiger partial charge < -0.3 is 9.67 Å². The van der Waals surface area contributed by atoms with E-state index in [-0.39, 0.29) is 18.3 Å². The summed E-state index contributed by atoms with van der Waals surface area (Å²) in [6.45, 7) is 1.03. The number of aliphatic hydroxyl groups excluding tert-OH is 1. The second kappa shape index (κ2) is 4.53. The van der Waals surface area contributed by atoms with Gasteiger partial charge in [0.1, 0.15) is 11.6 Å². The van der Waals surface area contributed by atoms with Crippen molar-refractivity contribution >= 4 is 0 Å². The minimum Gasteiger partial charge on any atom is -0.396 e. The Kier molecular flexibility index (Phi) is 2.88. The molecule has 4 heteroatoms. The van der Waals surface area contributed by atoms with Gasteiger partial charge in [-0.3, -0.25) is 0 Å². The minimum absolute atomic E-state index is 0.147. The van der Waals surface area contributed by atoms with Crippen molar-refractivity contribution < 1.29 is 9.50 Å². The number of hydrogen-bond acceptors (Lipinski definition) is 2. The molecule has 18 heavy (non-hydrogen) atoms. The first-order valence-electron chi connectivity index (χ1n) is 6.22. The molecule has 2 aromatic rings. The molecule has 0 fully saturated rings. The molecule has 0 saturated heterocycles. The van der Waals surface area contributed by atoms with Gasteiger partial charge in [-0.05, 0) is 25.0 Å². The van der Waals surface area contributed by atoms with Crippen molar-refractivity contribution in [1.82, 2.24) is 9.55 Å². The fourth-order valence-corrected chi connectivity index (χ4v) is 2.64. The fourth-order valence-electron chi connectivity index (χ4n) is 2.64. The van der Waals surface area contributed by atoms with Crippen LogP contribution in [0.1, 0.15) is 24.5 Å². The van der Waals surface area contributed by atoms with Crippen LogP contribution in [0, 0.1) is 5.82 Å². The number of aliphatic hydroxyl groups is 1. The zero-order valence-electron chi connectivity index (χ0n) is 10.0. The predicted molar refractivity (Wildman–Crippen MR) is 66.7 cm³/mol. The van der Waals surface area contributed by atoms with Gasteiger partial charge in [0.25, 0.3) is 0 Å². The second-order valence-electron chi connectivity index (χ2n) is 4.69. The molecule has 3 rings (SSSR count). The molecule has 1 atom stereocenters. The van der Waals surface area contributed by atoms with Crippen LogP contribution in [0.3, 0.4) is 0 Å². The van der Waals surface area contributed by atoms with Crippen molar-refractivity contribution in [3.05, 3.63) is 42.0 Å². The third-order valence-electron chi connectivity index (χ3n) is 3.54. The van der Waals surface area contributed by atoms with E-state index in [2.05, 4.69) is 9.55 Å². The molecule has 1 aliphatic rings. The molecule has 0 saturated carbocycles. The van der Waals surface area contributed by atoms with Gasteiger partial charge >= 0.3 is 0 Å². The maximum absolute atomic E-state index is 13.3. The van der Waals surface area contributed by atoms with Crippen LogP contribution in [-0.2, 0) is 6.54 Å². The van der Waals surface area contributed by atoms with Gasteiger partial charge in [0.15, 0.2) is 0 Å². The molecular weight excluding hydrogens is 231 g/mol. The van der Waals surface area contributed by atoms with Crippen LogP contribution in [0.25, 0.3) is 11.4 Å². The Morgan fingerprint density at radius 3 is 3.11 bits per heavy atom. The van der Waals surface area contributed by atoms with E-state index in [9.17, 15) is 9.50 Å². The molecule has 2 heterocycles. The van der Waals surface area contributed by atoms with Crippen LogP contribution in [0.15, 0.2) is 30.5 Å². The molecule has 94 valence electrons. The summed E-state index contributed by atoms with van der Waals surface area (Å²) < 4.78 is 15.4. The molecule has 1 N–H and O–H groups in total. The van der Waals surface area contributed by atoms with Crippen LogP contribution in [0.4, 0.5) is 4.39 Å². The molecule has 0 amide bonds. The third-order valence-corrected chi connectivity index (χ3v) is 3.54. The standard InChI is InChI=1S/C14H15FN2O/c15-12-5-1-3-10(7-12)14-16-8-13-11(9-18)4-2-6-17(13)14/h1,3,5,7-8,11,18H,2,4,6,9H2. The summed E-state index contributed by atoms with van der Waals surface area (Å²) in [4.78, 5) is 4.39. The van der Waals surface area contributed by atoms with Gasteiger partial charge in [-0.15, -0.1) is 0 Å². The monoisotopic (exact) mass is 246 g/mol. The lowest BCUT2D eigenvalue weighted by Gasteiger charge is -2.23. The van der Waals surface area contributed by atoms with Crippen LogP contribution < -0.4 is 0 Å². The summed E-state index contributed by atoms with van der Waals surface area (Å²) in [6, 6.07) is 6.48. The van der Waals surface area contributed by atoms with Crippen molar-refractivity contribution in [3.63, 3.8) is 0 Å². The molecule has 1 aliphatic heterocycles. The van der Waals surface area contributed by atoms with Gasteiger partial charge in [-0.25, -0.2) is 9.37 Å². The van der Waals surface area contributed by atoms with E-state index >= 15 is 0 Å². The van der Waals surface area contributed by atoms with Gasteiger partial charge in [0.2, 0.25) is 0 Å². The van der Waals surface area contributed by atoms with E-state index < -0.39 is 0 Å². The summed E-state index contributed by atoms with van der Waals surface area (Å²) in [6.07, 6.45) is 3.82. The topological polar surface area (TPSA) is 38.0 Å². The highest BCUT2D eigenvalue weighted by atomic mass is 19.1. The lowest BCUT2D eigenvalue weighted by molar-refractivity contribution is 0.241. The number of benzene rings is 1. The maximum Gasteiger partial charge on any atom is 0.140 e.